The molecule has 2 heterocycles. The number of rotatable bonds is 2. The molecule has 0 aliphatic carbocycles. The van der Waals surface area contributed by atoms with Gasteiger partial charge in [0.2, 0.25) is 0 Å². The summed E-state index contributed by atoms with van der Waals surface area (Å²) in [5.74, 6) is 0. The minimum atomic E-state index is -0.467. The van der Waals surface area contributed by atoms with Crippen molar-refractivity contribution in [3.63, 3.8) is 0 Å². The Labute approximate surface area is 82.0 Å². The van der Waals surface area contributed by atoms with Crippen molar-refractivity contribution in [2.24, 2.45) is 0 Å². The van der Waals surface area contributed by atoms with Crippen LogP contribution in [0.5, 0.6) is 0 Å². The maximum absolute atomic E-state index is 9.51. The number of aryl methyl sites for hydroxylation is 1. The molecule has 0 atom stereocenters. The molecule has 0 amide bonds. The summed E-state index contributed by atoms with van der Waals surface area (Å²) in [6.45, 7) is 6.30. The van der Waals surface area contributed by atoms with E-state index in [1.165, 1.54) is 0 Å². The summed E-state index contributed by atoms with van der Waals surface area (Å²) in [7, 11) is 0. The van der Waals surface area contributed by atoms with Gasteiger partial charge in [-0.2, -0.15) is 0 Å². The van der Waals surface area contributed by atoms with Crippen LogP contribution in [0.15, 0.2) is 5.38 Å². The Morgan fingerprint density at radius 2 is 2.38 bits per heavy atom. The van der Waals surface area contributed by atoms with Gasteiger partial charge < -0.3 is 5.11 Å². The van der Waals surface area contributed by atoms with Gasteiger partial charge >= 0.3 is 0 Å². The van der Waals surface area contributed by atoms with E-state index in [0.717, 1.165) is 30.3 Å². The molecule has 0 spiro atoms. The highest BCUT2D eigenvalue weighted by Gasteiger charge is 2.36. The number of aliphatic hydroxyl groups is 1. The van der Waals surface area contributed by atoms with E-state index in [1.54, 1.807) is 11.3 Å². The predicted octanol–water partition coefficient (Wildman–Crippen LogP) is 1.02. The molecule has 2 rings (SSSR count). The molecule has 72 valence electrons. The van der Waals surface area contributed by atoms with Gasteiger partial charge in [0.15, 0.2) is 0 Å². The third kappa shape index (κ3) is 2.07. The highest BCUT2D eigenvalue weighted by molar-refractivity contribution is 7.09. The van der Waals surface area contributed by atoms with Gasteiger partial charge in [0, 0.05) is 25.0 Å². The molecule has 1 saturated heterocycles. The van der Waals surface area contributed by atoms with Crippen LogP contribution in [0.25, 0.3) is 0 Å². The van der Waals surface area contributed by atoms with Gasteiger partial charge in [0.05, 0.1) is 16.3 Å². The molecule has 0 bridgehead atoms. The second-order valence-electron chi connectivity index (χ2n) is 4.00. The second-order valence-corrected chi connectivity index (χ2v) is 5.06. The van der Waals surface area contributed by atoms with Gasteiger partial charge in [-0.15, -0.1) is 11.3 Å². The maximum Gasteiger partial charge on any atom is 0.0897 e. The zero-order valence-corrected chi connectivity index (χ0v) is 8.77. The van der Waals surface area contributed by atoms with Crippen LogP contribution < -0.4 is 0 Å². The third-order valence-electron chi connectivity index (χ3n) is 2.18. The summed E-state index contributed by atoms with van der Waals surface area (Å²) in [5, 5.41) is 12.7. The lowest BCUT2D eigenvalue weighted by Crippen LogP contribution is -2.59. The fraction of sp³-hybridized carbons (Fsp3) is 0.667. The Morgan fingerprint density at radius 1 is 1.69 bits per heavy atom. The van der Waals surface area contributed by atoms with Crippen molar-refractivity contribution in [3.8, 4) is 0 Å². The zero-order chi connectivity index (χ0) is 9.47. The van der Waals surface area contributed by atoms with E-state index in [1.807, 2.05) is 13.8 Å². The molecule has 3 nitrogen and oxygen atoms in total. The molecule has 1 aliphatic heterocycles. The Morgan fingerprint density at radius 3 is 2.85 bits per heavy atom. The SMILES string of the molecule is Cc1nc(CN2CC(C)(O)C2)cs1. The van der Waals surface area contributed by atoms with Crippen molar-refractivity contribution in [2.75, 3.05) is 13.1 Å². The molecule has 0 radical (unpaired) electrons. The van der Waals surface area contributed by atoms with Gasteiger partial charge in [0.1, 0.15) is 0 Å². The lowest BCUT2D eigenvalue weighted by molar-refractivity contribution is -0.0875. The second kappa shape index (κ2) is 3.04. The van der Waals surface area contributed by atoms with Gasteiger partial charge in [-0.1, -0.05) is 0 Å². The van der Waals surface area contributed by atoms with Crippen LogP contribution in [0, 0.1) is 6.92 Å². The van der Waals surface area contributed by atoms with Crippen LogP contribution in [-0.4, -0.2) is 33.7 Å². The number of hydrogen-bond donors (Lipinski definition) is 1. The predicted molar refractivity (Wildman–Crippen MR) is 52.8 cm³/mol. The van der Waals surface area contributed by atoms with Crippen LogP contribution in [-0.2, 0) is 6.54 Å². The average molecular weight is 198 g/mol. The largest absolute Gasteiger partial charge is 0.388 e. The molecule has 1 aromatic heterocycles. The minimum absolute atomic E-state index is 0.467. The first-order valence-corrected chi connectivity index (χ1v) is 5.29. The lowest BCUT2D eigenvalue weighted by Gasteiger charge is -2.43. The van der Waals surface area contributed by atoms with E-state index >= 15 is 0 Å². The summed E-state index contributed by atoms with van der Waals surface area (Å²) in [5.41, 5.74) is 0.656. The van der Waals surface area contributed by atoms with Crippen molar-refractivity contribution >= 4 is 11.3 Å². The van der Waals surface area contributed by atoms with Crippen molar-refractivity contribution in [2.45, 2.75) is 26.0 Å². The van der Waals surface area contributed by atoms with Gasteiger partial charge in [-0.25, -0.2) is 4.98 Å². The van der Waals surface area contributed by atoms with E-state index in [4.69, 9.17) is 0 Å². The Bertz CT molecular complexity index is 300. The molecule has 0 aromatic carbocycles. The first kappa shape index (κ1) is 9.12. The normalized spacial score (nSPS) is 21.5. The Balaban J connectivity index is 1.87. The van der Waals surface area contributed by atoms with E-state index in [2.05, 4.69) is 15.3 Å². The highest BCUT2D eigenvalue weighted by Crippen LogP contribution is 2.22. The van der Waals surface area contributed by atoms with Crippen LogP contribution in [0.4, 0.5) is 0 Å². The lowest BCUT2D eigenvalue weighted by atomic mass is 9.97. The first-order valence-electron chi connectivity index (χ1n) is 4.41. The Hall–Kier alpha value is -0.450. The van der Waals surface area contributed by atoms with Crippen LogP contribution in [0.2, 0.25) is 0 Å². The topological polar surface area (TPSA) is 36.4 Å². The summed E-state index contributed by atoms with van der Waals surface area (Å²) in [6, 6.07) is 0. The van der Waals surface area contributed by atoms with Crippen LogP contribution >= 0.6 is 11.3 Å². The quantitative estimate of drug-likeness (QED) is 0.770. The van der Waals surface area contributed by atoms with Gasteiger partial charge in [-0.3, -0.25) is 4.90 Å². The van der Waals surface area contributed by atoms with Crippen molar-refractivity contribution in [1.82, 2.24) is 9.88 Å². The van der Waals surface area contributed by atoms with Gasteiger partial charge in [-0.05, 0) is 13.8 Å². The van der Waals surface area contributed by atoms with Crippen molar-refractivity contribution in [3.05, 3.63) is 16.1 Å². The summed E-state index contributed by atoms with van der Waals surface area (Å²) >= 11 is 1.68. The standard InChI is InChI=1S/C9H14N2OS/c1-7-10-8(4-13-7)3-11-5-9(2,12)6-11/h4,12H,3,5-6H2,1-2H3. The number of nitrogens with zero attached hydrogens (tertiary/aromatic N) is 2. The summed E-state index contributed by atoms with van der Waals surface area (Å²) in [6.07, 6.45) is 0. The molecular formula is C9H14N2OS. The van der Waals surface area contributed by atoms with E-state index < -0.39 is 5.60 Å². The minimum Gasteiger partial charge on any atom is -0.388 e. The van der Waals surface area contributed by atoms with Crippen LogP contribution in [0.1, 0.15) is 17.6 Å². The van der Waals surface area contributed by atoms with Crippen molar-refractivity contribution in [1.29, 1.82) is 0 Å². The molecule has 1 N–H and O–H groups in total. The number of thiazole rings is 1. The molecule has 4 heteroatoms. The van der Waals surface area contributed by atoms with Crippen molar-refractivity contribution < 1.29 is 5.11 Å². The molecule has 13 heavy (non-hydrogen) atoms. The van der Waals surface area contributed by atoms with E-state index in [-0.39, 0.29) is 0 Å². The molecule has 1 aromatic rings. The fourth-order valence-corrected chi connectivity index (χ4v) is 2.34. The molecular weight excluding hydrogens is 184 g/mol. The smallest absolute Gasteiger partial charge is 0.0897 e. The number of hydrogen-bond acceptors (Lipinski definition) is 4. The number of β-amino-alcohol motifs (C(OH)–C–C–N with tert-alkyl or cyclic N) is 1. The Kier molecular flexibility index (Phi) is 2.14. The van der Waals surface area contributed by atoms with E-state index in [9.17, 15) is 5.11 Å². The highest BCUT2D eigenvalue weighted by atomic mass is 32.1. The fourth-order valence-electron chi connectivity index (χ4n) is 1.74. The molecule has 0 saturated carbocycles. The third-order valence-corrected chi connectivity index (χ3v) is 3.00. The maximum atomic E-state index is 9.51. The molecule has 0 unspecified atom stereocenters. The monoisotopic (exact) mass is 198 g/mol. The average Bonchev–Trinajstić information content (AvgIpc) is 2.31. The van der Waals surface area contributed by atoms with Crippen LogP contribution in [0.3, 0.4) is 0 Å². The zero-order valence-electron chi connectivity index (χ0n) is 7.95. The number of aromatic nitrogens is 1. The summed E-state index contributed by atoms with van der Waals surface area (Å²) in [4.78, 5) is 6.58. The molecule has 1 fully saturated rings. The first-order chi connectivity index (χ1) is 6.05. The molecule has 1 aliphatic rings. The number of likely N-dealkylation sites (tertiary alicyclic amines) is 1. The van der Waals surface area contributed by atoms with Gasteiger partial charge in [0.25, 0.3) is 0 Å². The van der Waals surface area contributed by atoms with E-state index in [0.29, 0.717) is 0 Å². The summed E-state index contributed by atoms with van der Waals surface area (Å²) < 4.78 is 0.